The van der Waals surface area contributed by atoms with Crippen molar-refractivity contribution < 1.29 is 4.79 Å². The molecule has 4 unspecified atom stereocenters. The maximum atomic E-state index is 12.6. The van der Waals surface area contributed by atoms with Gasteiger partial charge in [0.15, 0.2) is 0 Å². The fourth-order valence-corrected chi connectivity index (χ4v) is 3.45. The van der Waals surface area contributed by atoms with Crippen LogP contribution in [0.5, 0.6) is 0 Å². The zero-order valence-electron chi connectivity index (χ0n) is 14.1. The minimum atomic E-state index is -0.198. The molecule has 0 aromatic rings. The van der Waals surface area contributed by atoms with Gasteiger partial charge in [-0.15, -0.1) is 0 Å². The van der Waals surface area contributed by atoms with Crippen molar-refractivity contribution in [1.82, 2.24) is 10.2 Å². The summed E-state index contributed by atoms with van der Waals surface area (Å²) in [5.41, 5.74) is 0. The number of likely N-dealkylation sites (tertiary alicyclic amines) is 1. The molecule has 2 rings (SSSR count). The Balaban J connectivity index is 0.00000106. The molecule has 2 heterocycles. The topological polar surface area (TPSA) is 56.1 Å². The van der Waals surface area contributed by atoms with Gasteiger partial charge in [0.25, 0.3) is 0 Å². The smallest absolute Gasteiger partial charge is 0.241 e. The van der Waals surface area contributed by atoms with Crippen molar-refractivity contribution in [2.24, 2.45) is 11.8 Å². The Labute approximate surface area is 129 Å². The summed E-state index contributed by atoms with van der Waals surface area (Å²) in [6.07, 6.45) is 5.15. The van der Waals surface area contributed by atoms with E-state index in [4.69, 9.17) is 5.26 Å². The first-order valence-corrected chi connectivity index (χ1v) is 8.64. The van der Waals surface area contributed by atoms with Gasteiger partial charge in [-0.2, -0.15) is 5.26 Å². The highest BCUT2D eigenvalue weighted by Crippen LogP contribution is 2.28. The summed E-state index contributed by atoms with van der Waals surface area (Å²) in [5.74, 6) is 1.27. The van der Waals surface area contributed by atoms with Crippen LogP contribution < -0.4 is 5.32 Å². The first-order chi connectivity index (χ1) is 10.2. The lowest BCUT2D eigenvalue weighted by Gasteiger charge is -2.38. The molecule has 4 atom stereocenters. The third kappa shape index (κ3) is 4.20. The molecule has 4 nitrogen and oxygen atoms in total. The van der Waals surface area contributed by atoms with Gasteiger partial charge in [-0.05, 0) is 37.6 Å². The molecule has 0 bridgehead atoms. The Morgan fingerprint density at radius 3 is 2.62 bits per heavy atom. The zero-order chi connectivity index (χ0) is 15.8. The van der Waals surface area contributed by atoms with Crippen molar-refractivity contribution in [3.05, 3.63) is 0 Å². The zero-order valence-corrected chi connectivity index (χ0v) is 14.1. The molecular weight excluding hydrogens is 262 g/mol. The van der Waals surface area contributed by atoms with Crippen LogP contribution in [0.25, 0.3) is 0 Å². The second-order valence-electron chi connectivity index (χ2n) is 5.88. The van der Waals surface area contributed by atoms with E-state index in [0.717, 1.165) is 38.8 Å². The molecule has 120 valence electrons. The first kappa shape index (κ1) is 18.0. The number of rotatable bonds is 3. The van der Waals surface area contributed by atoms with E-state index < -0.39 is 0 Å². The van der Waals surface area contributed by atoms with E-state index in [2.05, 4.69) is 25.2 Å². The lowest BCUT2D eigenvalue weighted by atomic mass is 9.81. The quantitative estimate of drug-likeness (QED) is 0.870. The summed E-state index contributed by atoms with van der Waals surface area (Å²) in [6.45, 7) is 10.1. The predicted octanol–water partition coefficient (Wildman–Crippen LogP) is 2.94. The molecule has 4 heteroatoms. The average Bonchev–Trinajstić information content (AvgIpc) is 3.04. The maximum absolute atomic E-state index is 12.6. The second kappa shape index (κ2) is 9.04. The number of nitriles is 1. The molecular formula is C17H31N3O. The molecule has 21 heavy (non-hydrogen) atoms. The number of hydrogen-bond acceptors (Lipinski definition) is 3. The molecule has 0 aromatic heterocycles. The number of nitrogens with zero attached hydrogens (tertiary/aromatic N) is 2. The standard InChI is InChI=1S/C15H25N3O.C2H6/c1-3-11-8-12(4-2)14(17-10-11)15(19)18-7-5-6-13(18)9-16;1-2/h11-14,17H,3-8,10H2,1-2H3;1-2H3. The number of carbonyl (C=O) groups is 1. The van der Waals surface area contributed by atoms with Gasteiger partial charge < -0.3 is 10.2 Å². The van der Waals surface area contributed by atoms with Gasteiger partial charge in [0, 0.05) is 6.54 Å². The molecule has 2 saturated heterocycles. The van der Waals surface area contributed by atoms with E-state index >= 15 is 0 Å². The van der Waals surface area contributed by atoms with Gasteiger partial charge in [-0.3, -0.25) is 4.79 Å². The van der Waals surface area contributed by atoms with Gasteiger partial charge >= 0.3 is 0 Å². The summed E-state index contributed by atoms with van der Waals surface area (Å²) >= 11 is 0. The molecule has 0 spiro atoms. The van der Waals surface area contributed by atoms with E-state index in [-0.39, 0.29) is 18.0 Å². The Morgan fingerprint density at radius 1 is 1.33 bits per heavy atom. The van der Waals surface area contributed by atoms with E-state index in [1.165, 1.54) is 6.42 Å². The van der Waals surface area contributed by atoms with Crippen LogP contribution in [0.15, 0.2) is 0 Å². The van der Waals surface area contributed by atoms with Crippen LogP contribution in [0.4, 0.5) is 0 Å². The highest BCUT2D eigenvalue weighted by atomic mass is 16.2. The molecule has 2 aliphatic heterocycles. The predicted molar refractivity (Wildman–Crippen MR) is 85.7 cm³/mol. The molecule has 0 aromatic carbocycles. The Morgan fingerprint density at radius 2 is 2.05 bits per heavy atom. The summed E-state index contributed by atoms with van der Waals surface area (Å²) in [4.78, 5) is 14.4. The van der Waals surface area contributed by atoms with Gasteiger partial charge in [-0.25, -0.2) is 0 Å². The van der Waals surface area contributed by atoms with Crippen molar-refractivity contribution in [2.45, 2.75) is 71.9 Å². The molecule has 2 aliphatic rings. The van der Waals surface area contributed by atoms with Crippen LogP contribution in [-0.4, -0.2) is 36.0 Å². The van der Waals surface area contributed by atoms with E-state index in [1.54, 1.807) is 4.90 Å². The Hall–Kier alpha value is -1.08. The molecule has 0 aliphatic carbocycles. The van der Waals surface area contributed by atoms with Crippen molar-refractivity contribution in [3.8, 4) is 6.07 Å². The molecule has 0 radical (unpaired) electrons. The van der Waals surface area contributed by atoms with Crippen LogP contribution in [0, 0.1) is 23.2 Å². The number of piperidine rings is 1. The fraction of sp³-hybridized carbons (Fsp3) is 0.882. The van der Waals surface area contributed by atoms with Gasteiger partial charge in [0.05, 0.1) is 12.1 Å². The third-order valence-electron chi connectivity index (χ3n) is 4.79. The van der Waals surface area contributed by atoms with Gasteiger partial charge in [-0.1, -0.05) is 40.5 Å². The van der Waals surface area contributed by atoms with Crippen LogP contribution in [0.1, 0.15) is 59.8 Å². The lowest BCUT2D eigenvalue weighted by Crippen LogP contribution is -2.55. The Bertz CT molecular complexity index is 364. The van der Waals surface area contributed by atoms with Gasteiger partial charge in [0.2, 0.25) is 5.91 Å². The minimum absolute atomic E-state index is 0.0678. The maximum Gasteiger partial charge on any atom is 0.241 e. The van der Waals surface area contributed by atoms with Crippen LogP contribution >= 0.6 is 0 Å². The van der Waals surface area contributed by atoms with E-state index in [0.29, 0.717) is 11.8 Å². The minimum Gasteiger partial charge on any atom is -0.325 e. The number of nitrogens with one attached hydrogen (secondary N) is 1. The highest BCUT2D eigenvalue weighted by molar-refractivity contribution is 5.83. The molecule has 2 fully saturated rings. The third-order valence-corrected chi connectivity index (χ3v) is 4.79. The molecule has 1 N–H and O–H groups in total. The monoisotopic (exact) mass is 293 g/mol. The van der Waals surface area contributed by atoms with Crippen molar-refractivity contribution in [1.29, 1.82) is 5.26 Å². The van der Waals surface area contributed by atoms with E-state index in [9.17, 15) is 4.79 Å². The Kier molecular flexibility index (Phi) is 7.74. The highest BCUT2D eigenvalue weighted by Gasteiger charge is 2.38. The summed E-state index contributed by atoms with van der Waals surface area (Å²) in [5, 5.41) is 12.6. The fourth-order valence-electron chi connectivity index (χ4n) is 3.45. The number of hydrogen-bond donors (Lipinski definition) is 1. The van der Waals surface area contributed by atoms with Crippen LogP contribution in [0.2, 0.25) is 0 Å². The van der Waals surface area contributed by atoms with Crippen molar-refractivity contribution >= 4 is 5.91 Å². The summed E-state index contributed by atoms with van der Waals surface area (Å²) in [6, 6.07) is 2.00. The summed E-state index contributed by atoms with van der Waals surface area (Å²) in [7, 11) is 0. The van der Waals surface area contributed by atoms with Gasteiger partial charge in [0.1, 0.15) is 6.04 Å². The van der Waals surface area contributed by atoms with Crippen molar-refractivity contribution in [2.75, 3.05) is 13.1 Å². The SMILES string of the molecule is CC.CCC1CNC(C(=O)N2CCCC2C#N)C(CC)C1. The largest absolute Gasteiger partial charge is 0.325 e. The van der Waals surface area contributed by atoms with E-state index in [1.807, 2.05) is 13.8 Å². The molecule has 1 amide bonds. The lowest BCUT2D eigenvalue weighted by molar-refractivity contribution is -0.135. The molecule has 0 saturated carbocycles. The number of amides is 1. The van der Waals surface area contributed by atoms with Crippen molar-refractivity contribution in [3.63, 3.8) is 0 Å². The number of carbonyl (C=O) groups excluding carboxylic acids is 1. The second-order valence-corrected chi connectivity index (χ2v) is 5.88. The summed E-state index contributed by atoms with van der Waals surface area (Å²) < 4.78 is 0. The average molecular weight is 293 g/mol. The van der Waals surface area contributed by atoms with Crippen LogP contribution in [-0.2, 0) is 4.79 Å². The van der Waals surface area contributed by atoms with Crippen LogP contribution in [0.3, 0.4) is 0 Å². The first-order valence-electron chi connectivity index (χ1n) is 8.64. The normalized spacial score (nSPS) is 32.0.